The Labute approximate surface area is 178 Å². The van der Waals surface area contributed by atoms with Crippen molar-refractivity contribution < 1.29 is 0 Å². The second kappa shape index (κ2) is 7.33. The number of anilines is 2. The van der Waals surface area contributed by atoms with Crippen molar-refractivity contribution >= 4 is 33.6 Å². The number of rotatable bonds is 4. The summed E-state index contributed by atoms with van der Waals surface area (Å²) in [4.78, 5) is 9.65. The summed E-state index contributed by atoms with van der Waals surface area (Å²) in [6, 6.07) is 0. The Hall–Kier alpha value is -3.04. The van der Waals surface area contributed by atoms with Crippen molar-refractivity contribution in [2.75, 3.05) is 18.4 Å². The van der Waals surface area contributed by atoms with E-state index < -0.39 is 0 Å². The van der Waals surface area contributed by atoms with E-state index in [1.54, 1.807) is 6.20 Å². The molecule has 30 heavy (non-hydrogen) atoms. The Balaban J connectivity index is 1.67. The zero-order valence-electron chi connectivity index (χ0n) is 17.2. The smallest absolute Gasteiger partial charge is 0.181 e. The zero-order valence-corrected chi connectivity index (χ0v) is 18.0. The first-order valence-electron chi connectivity index (χ1n) is 10.0. The minimum atomic E-state index is -0.0174. The summed E-state index contributed by atoms with van der Waals surface area (Å²) in [5.74, 6) is 0.725. The van der Waals surface area contributed by atoms with Gasteiger partial charge >= 0.3 is 0 Å². The van der Waals surface area contributed by atoms with Gasteiger partial charge in [-0.15, -0.1) is 0 Å². The molecule has 5 rings (SSSR count). The molecular weight excluding hydrogens is 396 g/mol. The number of nitrogens with one attached hydrogen (secondary N) is 3. The van der Waals surface area contributed by atoms with Gasteiger partial charge in [0.15, 0.2) is 11.5 Å². The van der Waals surface area contributed by atoms with Crippen LogP contribution in [0.25, 0.3) is 22.5 Å². The van der Waals surface area contributed by atoms with E-state index in [4.69, 9.17) is 4.98 Å². The Morgan fingerprint density at radius 2 is 2.10 bits per heavy atom. The largest absolute Gasteiger partial charge is 0.327 e. The van der Waals surface area contributed by atoms with E-state index in [1.807, 2.05) is 18.6 Å². The van der Waals surface area contributed by atoms with Gasteiger partial charge in [0.1, 0.15) is 5.00 Å². The topological polar surface area (TPSA) is 95.8 Å². The Bertz CT molecular complexity index is 1210. The number of hydrogen-bond donors (Lipinski definition) is 3. The molecule has 8 nitrogen and oxygen atoms in total. The number of fused-ring (bicyclic) bond motifs is 1. The summed E-state index contributed by atoms with van der Waals surface area (Å²) in [7, 11) is 0. The molecule has 0 spiro atoms. The fourth-order valence-electron chi connectivity index (χ4n) is 3.64. The highest BCUT2D eigenvalue weighted by Gasteiger charge is 2.22. The van der Waals surface area contributed by atoms with E-state index in [0.29, 0.717) is 0 Å². The molecule has 3 N–H and O–H groups in total. The summed E-state index contributed by atoms with van der Waals surface area (Å²) in [6.07, 6.45) is 12.8. The van der Waals surface area contributed by atoms with Gasteiger partial charge < -0.3 is 10.6 Å². The van der Waals surface area contributed by atoms with Gasteiger partial charge in [0, 0.05) is 36.3 Å². The predicted octanol–water partition coefficient (Wildman–Crippen LogP) is 3.99. The van der Waals surface area contributed by atoms with Crippen molar-refractivity contribution in [1.29, 1.82) is 0 Å². The standard InChI is InChI=1S/C21H24N8S/c1-21(2,3)15-10-26-30-20(15)28-18-19-23-11-17(14-8-24-25-9-14)29(19)12-16(27-18)13-5-4-6-22-7-13/h5,8-12,22H,4,6-7H2,1-3H3,(H,24,25)(H,27,28). The van der Waals surface area contributed by atoms with Gasteiger partial charge in [-0.3, -0.25) is 9.50 Å². The lowest BCUT2D eigenvalue weighted by Gasteiger charge is -2.19. The molecule has 5 heterocycles. The van der Waals surface area contributed by atoms with E-state index in [1.165, 1.54) is 17.1 Å². The van der Waals surface area contributed by atoms with Crippen LogP contribution in [-0.4, -0.2) is 42.0 Å². The van der Waals surface area contributed by atoms with E-state index in [0.717, 1.165) is 58.5 Å². The third-order valence-corrected chi connectivity index (χ3v) is 5.97. The van der Waals surface area contributed by atoms with E-state index in [9.17, 15) is 0 Å². The molecule has 4 aromatic rings. The van der Waals surface area contributed by atoms with E-state index in [-0.39, 0.29) is 5.41 Å². The monoisotopic (exact) mass is 420 g/mol. The lowest BCUT2D eigenvalue weighted by Crippen LogP contribution is -2.22. The molecule has 0 aliphatic carbocycles. The maximum atomic E-state index is 4.97. The van der Waals surface area contributed by atoms with Gasteiger partial charge in [-0.2, -0.15) is 9.47 Å². The first kappa shape index (κ1) is 19.0. The number of hydrogen-bond acceptors (Lipinski definition) is 7. The third-order valence-electron chi connectivity index (χ3n) is 5.25. The van der Waals surface area contributed by atoms with Crippen molar-refractivity contribution in [1.82, 2.24) is 34.3 Å². The van der Waals surface area contributed by atoms with Crippen LogP contribution >= 0.6 is 11.5 Å². The molecular formula is C21H24N8S. The quantitative estimate of drug-likeness (QED) is 0.462. The van der Waals surface area contributed by atoms with Crippen LogP contribution in [0.1, 0.15) is 38.4 Å². The Morgan fingerprint density at radius 3 is 2.83 bits per heavy atom. The average Bonchev–Trinajstić information content (AvgIpc) is 3.48. The van der Waals surface area contributed by atoms with Gasteiger partial charge in [0.25, 0.3) is 0 Å². The van der Waals surface area contributed by atoms with Crippen molar-refractivity contribution in [2.24, 2.45) is 0 Å². The molecule has 9 heteroatoms. The van der Waals surface area contributed by atoms with Crippen molar-refractivity contribution in [2.45, 2.75) is 32.6 Å². The first-order valence-corrected chi connectivity index (χ1v) is 10.8. The highest BCUT2D eigenvalue weighted by molar-refractivity contribution is 7.10. The predicted molar refractivity (Wildman–Crippen MR) is 120 cm³/mol. The molecule has 0 bridgehead atoms. The maximum Gasteiger partial charge on any atom is 0.181 e. The van der Waals surface area contributed by atoms with Crippen molar-refractivity contribution in [3.05, 3.63) is 48.3 Å². The van der Waals surface area contributed by atoms with Crippen LogP contribution in [-0.2, 0) is 5.41 Å². The van der Waals surface area contributed by atoms with Crippen LogP contribution in [0, 0.1) is 0 Å². The molecule has 0 saturated carbocycles. The summed E-state index contributed by atoms with van der Waals surface area (Å²) >= 11 is 1.45. The molecule has 0 aromatic carbocycles. The molecule has 4 aromatic heterocycles. The fourth-order valence-corrected chi connectivity index (χ4v) is 4.50. The van der Waals surface area contributed by atoms with Crippen molar-refractivity contribution in [3.8, 4) is 11.3 Å². The zero-order chi connectivity index (χ0) is 20.7. The normalized spacial score (nSPS) is 14.8. The lowest BCUT2D eigenvalue weighted by atomic mass is 9.89. The third kappa shape index (κ3) is 3.40. The van der Waals surface area contributed by atoms with Crippen LogP contribution in [0.2, 0.25) is 0 Å². The second-order valence-electron chi connectivity index (χ2n) is 8.44. The SMILES string of the molecule is CC(C)(C)c1cnsc1Nc1nc(C2=CCCNC2)cn2c(-c3cn[nH]c3)cnc12. The van der Waals surface area contributed by atoms with Crippen LogP contribution in [0.15, 0.2) is 37.1 Å². The average molecular weight is 421 g/mol. The molecule has 0 unspecified atom stereocenters. The van der Waals surface area contributed by atoms with Gasteiger partial charge in [-0.25, -0.2) is 9.97 Å². The molecule has 154 valence electrons. The highest BCUT2D eigenvalue weighted by Crippen LogP contribution is 2.35. The fraction of sp³-hybridized carbons (Fsp3) is 0.333. The molecule has 0 atom stereocenters. The highest BCUT2D eigenvalue weighted by atomic mass is 32.1. The van der Waals surface area contributed by atoms with Gasteiger partial charge in [-0.05, 0) is 35.5 Å². The summed E-state index contributed by atoms with van der Waals surface area (Å²) in [6.45, 7) is 8.37. The van der Waals surface area contributed by atoms with Gasteiger partial charge in [-0.1, -0.05) is 26.8 Å². The molecule has 1 aliphatic rings. The summed E-state index contributed by atoms with van der Waals surface area (Å²) in [5, 5.41) is 14.9. The Kier molecular flexibility index (Phi) is 4.63. The molecule has 0 radical (unpaired) electrons. The minimum Gasteiger partial charge on any atom is -0.327 e. The summed E-state index contributed by atoms with van der Waals surface area (Å²) in [5.41, 5.74) is 5.99. The van der Waals surface area contributed by atoms with Crippen LogP contribution in [0.3, 0.4) is 0 Å². The van der Waals surface area contributed by atoms with E-state index in [2.05, 4.69) is 67.6 Å². The molecule has 0 amide bonds. The molecule has 0 saturated heterocycles. The molecule has 1 aliphatic heterocycles. The van der Waals surface area contributed by atoms with Crippen LogP contribution in [0.5, 0.6) is 0 Å². The van der Waals surface area contributed by atoms with Gasteiger partial charge in [0.05, 0.1) is 23.8 Å². The maximum absolute atomic E-state index is 4.97. The van der Waals surface area contributed by atoms with E-state index >= 15 is 0 Å². The van der Waals surface area contributed by atoms with Crippen LogP contribution < -0.4 is 10.6 Å². The van der Waals surface area contributed by atoms with Crippen molar-refractivity contribution in [3.63, 3.8) is 0 Å². The van der Waals surface area contributed by atoms with Crippen LogP contribution in [0.4, 0.5) is 10.8 Å². The number of H-pyrrole nitrogens is 1. The second-order valence-corrected chi connectivity index (χ2v) is 9.24. The Morgan fingerprint density at radius 1 is 1.20 bits per heavy atom. The number of aromatic amines is 1. The van der Waals surface area contributed by atoms with Gasteiger partial charge in [0.2, 0.25) is 0 Å². The molecule has 0 fully saturated rings. The number of imidazole rings is 1. The lowest BCUT2D eigenvalue weighted by molar-refractivity contribution is 0.593. The summed E-state index contributed by atoms with van der Waals surface area (Å²) < 4.78 is 6.50. The number of nitrogens with zero attached hydrogens (tertiary/aromatic N) is 5. The number of aromatic nitrogens is 6. The first-order chi connectivity index (χ1) is 14.5. The minimum absolute atomic E-state index is 0.0174.